The standard InChI is InChI=1S/C21H24Cl2N2O3/c1-5-18(25-20(27)28-21(2,3)4)19(26)24-15-9-6-13(7-10-15)14-8-11-16(22)17(23)12-14/h6-12,18H,5H2,1-4H3,(H,24,26)(H,25,27)/t18-/m0/s1. The van der Waals surface area contributed by atoms with E-state index < -0.39 is 17.7 Å². The largest absolute Gasteiger partial charge is 0.444 e. The molecule has 0 saturated heterocycles. The summed E-state index contributed by atoms with van der Waals surface area (Å²) in [7, 11) is 0. The molecule has 2 N–H and O–H groups in total. The van der Waals surface area contributed by atoms with Crippen LogP contribution in [0.3, 0.4) is 0 Å². The van der Waals surface area contributed by atoms with Crippen LogP contribution in [0.25, 0.3) is 11.1 Å². The van der Waals surface area contributed by atoms with Gasteiger partial charge < -0.3 is 15.4 Å². The summed E-state index contributed by atoms with van der Waals surface area (Å²) in [4.78, 5) is 24.4. The Morgan fingerprint density at radius 2 is 1.61 bits per heavy atom. The summed E-state index contributed by atoms with van der Waals surface area (Å²) < 4.78 is 5.20. The molecule has 0 heterocycles. The minimum absolute atomic E-state index is 0.310. The first-order valence-corrected chi connectivity index (χ1v) is 9.70. The molecule has 0 fully saturated rings. The lowest BCUT2D eigenvalue weighted by molar-refractivity contribution is -0.118. The molecule has 5 nitrogen and oxygen atoms in total. The van der Waals surface area contributed by atoms with E-state index in [0.29, 0.717) is 22.2 Å². The first-order chi connectivity index (χ1) is 13.1. The van der Waals surface area contributed by atoms with Gasteiger partial charge in [-0.05, 0) is 62.6 Å². The Morgan fingerprint density at radius 3 is 2.14 bits per heavy atom. The molecule has 1 atom stereocenters. The molecule has 2 rings (SSSR count). The van der Waals surface area contributed by atoms with E-state index in [1.165, 1.54) is 0 Å². The highest BCUT2D eigenvalue weighted by Crippen LogP contribution is 2.29. The van der Waals surface area contributed by atoms with E-state index in [1.54, 1.807) is 45.0 Å². The zero-order valence-corrected chi connectivity index (χ0v) is 17.8. The number of anilines is 1. The van der Waals surface area contributed by atoms with Crippen molar-refractivity contribution in [2.45, 2.75) is 45.8 Å². The van der Waals surface area contributed by atoms with Crippen LogP contribution in [0.2, 0.25) is 10.0 Å². The van der Waals surface area contributed by atoms with Gasteiger partial charge in [0.2, 0.25) is 5.91 Å². The summed E-state index contributed by atoms with van der Waals surface area (Å²) in [6.45, 7) is 7.12. The number of nitrogens with one attached hydrogen (secondary N) is 2. The predicted molar refractivity (Wildman–Crippen MR) is 114 cm³/mol. The van der Waals surface area contributed by atoms with E-state index >= 15 is 0 Å². The normalized spacial score (nSPS) is 12.2. The van der Waals surface area contributed by atoms with Gasteiger partial charge in [0.25, 0.3) is 0 Å². The van der Waals surface area contributed by atoms with E-state index in [0.717, 1.165) is 11.1 Å². The lowest BCUT2D eigenvalue weighted by Crippen LogP contribution is -2.45. The number of ether oxygens (including phenoxy) is 1. The monoisotopic (exact) mass is 422 g/mol. The summed E-state index contributed by atoms with van der Waals surface area (Å²) in [5, 5.41) is 6.38. The molecular formula is C21H24Cl2N2O3. The first kappa shape index (κ1) is 22.1. The lowest BCUT2D eigenvalue weighted by Gasteiger charge is -2.22. The van der Waals surface area contributed by atoms with Crippen molar-refractivity contribution in [3.8, 4) is 11.1 Å². The average molecular weight is 423 g/mol. The second kappa shape index (κ2) is 9.30. The van der Waals surface area contributed by atoms with Crippen LogP contribution in [-0.2, 0) is 9.53 Å². The zero-order chi connectivity index (χ0) is 20.9. The number of halogens is 2. The van der Waals surface area contributed by atoms with Gasteiger partial charge in [-0.25, -0.2) is 4.79 Å². The summed E-state index contributed by atoms with van der Waals surface area (Å²) in [6, 6.07) is 12.0. The van der Waals surface area contributed by atoms with Gasteiger partial charge in [-0.2, -0.15) is 0 Å². The summed E-state index contributed by atoms with van der Waals surface area (Å²) in [5.41, 5.74) is 1.86. The van der Waals surface area contributed by atoms with Crippen molar-refractivity contribution >= 4 is 40.9 Å². The number of carbonyl (C=O) groups is 2. The minimum Gasteiger partial charge on any atom is -0.444 e. The molecule has 0 aliphatic rings. The maximum atomic E-state index is 12.5. The summed E-state index contributed by atoms with van der Waals surface area (Å²) in [6.07, 6.45) is -0.184. The van der Waals surface area contributed by atoms with Gasteiger partial charge in [-0.3, -0.25) is 4.79 Å². The van der Waals surface area contributed by atoms with Crippen molar-refractivity contribution in [1.82, 2.24) is 5.32 Å². The Balaban J connectivity index is 2.02. The van der Waals surface area contributed by atoms with Crippen molar-refractivity contribution in [2.75, 3.05) is 5.32 Å². The SMILES string of the molecule is CC[C@H](NC(=O)OC(C)(C)C)C(=O)Nc1ccc(-c2ccc(Cl)c(Cl)c2)cc1. The summed E-state index contributed by atoms with van der Waals surface area (Å²) >= 11 is 12.0. The average Bonchev–Trinajstić information content (AvgIpc) is 2.61. The van der Waals surface area contributed by atoms with Crippen molar-refractivity contribution < 1.29 is 14.3 Å². The van der Waals surface area contributed by atoms with Crippen LogP contribution in [0.1, 0.15) is 34.1 Å². The number of hydrogen-bond donors (Lipinski definition) is 2. The number of alkyl carbamates (subject to hydrolysis) is 1. The van der Waals surface area contributed by atoms with Crippen LogP contribution in [0.4, 0.5) is 10.5 Å². The third kappa shape index (κ3) is 6.43. The van der Waals surface area contributed by atoms with Gasteiger partial charge in [0.15, 0.2) is 0 Å². The minimum atomic E-state index is -0.690. The van der Waals surface area contributed by atoms with E-state index in [9.17, 15) is 9.59 Å². The van der Waals surface area contributed by atoms with E-state index in [4.69, 9.17) is 27.9 Å². The third-order valence-corrected chi connectivity index (χ3v) is 4.56. The fourth-order valence-electron chi connectivity index (χ4n) is 2.45. The van der Waals surface area contributed by atoms with Crippen molar-refractivity contribution in [1.29, 1.82) is 0 Å². The molecule has 150 valence electrons. The van der Waals surface area contributed by atoms with Gasteiger partial charge in [0, 0.05) is 5.69 Å². The molecule has 0 saturated carbocycles. The van der Waals surface area contributed by atoms with Crippen LogP contribution < -0.4 is 10.6 Å². The number of amides is 2. The molecule has 0 unspecified atom stereocenters. The van der Waals surface area contributed by atoms with Gasteiger partial charge in [-0.15, -0.1) is 0 Å². The molecule has 0 radical (unpaired) electrons. The fraction of sp³-hybridized carbons (Fsp3) is 0.333. The predicted octanol–water partition coefficient (Wildman–Crippen LogP) is 5.90. The highest BCUT2D eigenvalue weighted by Gasteiger charge is 2.23. The molecule has 0 spiro atoms. The van der Waals surface area contributed by atoms with Crippen LogP contribution in [0.5, 0.6) is 0 Å². The Kier molecular flexibility index (Phi) is 7.33. The Hall–Kier alpha value is -2.24. The van der Waals surface area contributed by atoms with Gasteiger partial charge in [0.1, 0.15) is 11.6 Å². The number of hydrogen-bond acceptors (Lipinski definition) is 3. The smallest absolute Gasteiger partial charge is 0.408 e. The van der Waals surface area contributed by atoms with Crippen LogP contribution >= 0.6 is 23.2 Å². The van der Waals surface area contributed by atoms with Crippen LogP contribution in [0.15, 0.2) is 42.5 Å². The lowest BCUT2D eigenvalue weighted by atomic mass is 10.1. The summed E-state index contributed by atoms with van der Waals surface area (Å²) in [5.74, 6) is -0.310. The molecule has 0 aliphatic carbocycles. The molecule has 0 aliphatic heterocycles. The topological polar surface area (TPSA) is 67.4 Å². The third-order valence-electron chi connectivity index (χ3n) is 3.82. The molecule has 2 aromatic rings. The van der Waals surface area contributed by atoms with E-state index in [2.05, 4.69) is 10.6 Å². The fourth-order valence-corrected chi connectivity index (χ4v) is 2.75. The number of benzene rings is 2. The molecule has 2 amide bonds. The van der Waals surface area contributed by atoms with Crippen molar-refractivity contribution in [3.05, 3.63) is 52.5 Å². The molecule has 7 heteroatoms. The molecule has 28 heavy (non-hydrogen) atoms. The molecule has 0 aromatic heterocycles. The zero-order valence-electron chi connectivity index (χ0n) is 16.3. The molecule has 2 aromatic carbocycles. The Bertz CT molecular complexity index is 846. The second-order valence-corrected chi connectivity index (χ2v) is 8.12. The van der Waals surface area contributed by atoms with Crippen molar-refractivity contribution in [3.63, 3.8) is 0 Å². The maximum absolute atomic E-state index is 12.5. The van der Waals surface area contributed by atoms with E-state index in [-0.39, 0.29) is 5.91 Å². The Morgan fingerprint density at radius 1 is 1.00 bits per heavy atom. The highest BCUT2D eigenvalue weighted by molar-refractivity contribution is 6.42. The van der Waals surface area contributed by atoms with Crippen LogP contribution in [-0.4, -0.2) is 23.6 Å². The molecular weight excluding hydrogens is 399 g/mol. The van der Waals surface area contributed by atoms with Gasteiger partial charge in [-0.1, -0.05) is 48.3 Å². The number of carbonyl (C=O) groups excluding carboxylic acids is 2. The van der Waals surface area contributed by atoms with Crippen LogP contribution in [0, 0.1) is 0 Å². The van der Waals surface area contributed by atoms with Gasteiger partial charge >= 0.3 is 6.09 Å². The van der Waals surface area contributed by atoms with Gasteiger partial charge in [0.05, 0.1) is 10.0 Å². The second-order valence-electron chi connectivity index (χ2n) is 7.30. The quantitative estimate of drug-likeness (QED) is 0.629. The van der Waals surface area contributed by atoms with E-state index in [1.807, 2.05) is 25.1 Å². The van der Waals surface area contributed by atoms with Crippen molar-refractivity contribution in [2.24, 2.45) is 0 Å². The highest BCUT2D eigenvalue weighted by atomic mass is 35.5. The maximum Gasteiger partial charge on any atom is 0.408 e. The first-order valence-electron chi connectivity index (χ1n) is 8.95. The number of rotatable bonds is 5. The Labute approximate surface area is 175 Å². The molecule has 0 bridgehead atoms.